The molecule has 0 aromatic carbocycles. The van der Waals surface area contributed by atoms with Gasteiger partial charge in [-0.3, -0.25) is 0 Å². The zero-order valence-corrected chi connectivity index (χ0v) is 5.41. The van der Waals surface area contributed by atoms with E-state index in [1.54, 1.807) is 0 Å². The van der Waals surface area contributed by atoms with Crippen LogP contribution < -0.4 is 5.32 Å². The van der Waals surface area contributed by atoms with E-state index in [-0.39, 0.29) is 12.4 Å². The molecule has 0 saturated carbocycles. The lowest BCUT2D eigenvalue weighted by molar-refractivity contribution is 0.0584. The predicted molar refractivity (Wildman–Crippen MR) is 33.4 cm³/mol. The third-order valence-electron chi connectivity index (χ3n) is 1.79. The molecule has 0 radical (unpaired) electrons. The van der Waals surface area contributed by atoms with Crippen molar-refractivity contribution in [3.05, 3.63) is 0 Å². The fraction of sp³-hybridized carbons (Fsp3) is 1.00. The maximum absolute atomic E-state index is 5.29. The molecule has 1 N–H and O–H groups in total. The van der Waals surface area contributed by atoms with E-state index in [9.17, 15) is 0 Å². The van der Waals surface area contributed by atoms with E-state index in [0.717, 1.165) is 19.2 Å². The van der Waals surface area contributed by atoms with Gasteiger partial charge in [0.2, 0.25) is 0 Å². The Kier molecular flexibility index (Phi) is 1.75. The Balaban J connectivity index is 0.000000320. The van der Waals surface area contributed by atoms with Crippen LogP contribution in [0.3, 0.4) is 0 Å². The summed E-state index contributed by atoms with van der Waals surface area (Å²) in [6, 6.07) is 0.722. The van der Waals surface area contributed by atoms with Crippen LogP contribution in [0.25, 0.3) is 0 Å². The molecule has 0 unspecified atom stereocenters. The second-order valence-electron chi connectivity index (χ2n) is 2.21. The Morgan fingerprint density at radius 3 is 2.62 bits per heavy atom. The number of ether oxygens (including phenoxy) is 1. The van der Waals surface area contributed by atoms with Crippen LogP contribution in [0.1, 0.15) is 6.42 Å². The van der Waals surface area contributed by atoms with Gasteiger partial charge >= 0.3 is 0 Å². The minimum Gasteiger partial charge on any atom is -0.375 e. The van der Waals surface area contributed by atoms with Crippen LogP contribution >= 0.6 is 12.4 Å². The third kappa shape index (κ3) is 0.729. The fourth-order valence-corrected chi connectivity index (χ4v) is 1.19. The van der Waals surface area contributed by atoms with Crippen LogP contribution in [0.4, 0.5) is 0 Å². The molecule has 0 aromatic heterocycles. The summed E-state index contributed by atoms with van der Waals surface area (Å²) >= 11 is 0. The smallest absolute Gasteiger partial charge is 0.0853 e. The topological polar surface area (TPSA) is 21.3 Å². The summed E-state index contributed by atoms with van der Waals surface area (Å²) in [5.41, 5.74) is 0. The van der Waals surface area contributed by atoms with Crippen LogP contribution in [-0.2, 0) is 4.74 Å². The van der Waals surface area contributed by atoms with Crippen molar-refractivity contribution < 1.29 is 4.74 Å². The first kappa shape index (κ1) is 6.33. The normalized spacial score (nSPS) is 42.0. The van der Waals surface area contributed by atoms with Gasteiger partial charge in [-0.15, -0.1) is 12.4 Å². The molecular formula is C5H10ClNO. The summed E-state index contributed by atoms with van der Waals surface area (Å²) in [4.78, 5) is 0. The Morgan fingerprint density at radius 1 is 1.50 bits per heavy atom. The van der Waals surface area contributed by atoms with Crippen molar-refractivity contribution in [2.45, 2.75) is 18.6 Å². The SMILES string of the molecule is C1C[C@@H]2NC[C@@H]2O1.Cl. The first-order chi connectivity index (χ1) is 3.47. The summed E-state index contributed by atoms with van der Waals surface area (Å²) in [6.45, 7) is 2.06. The van der Waals surface area contributed by atoms with Gasteiger partial charge in [0.05, 0.1) is 6.10 Å². The summed E-state index contributed by atoms with van der Waals surface area (Å²) in [6.07, 6.45) is 1.81. The largest absolute Gasteiger partial charge is 0.375 e. The highest BCUT2D eigenvalue weighted by atomic mass is 35.5. The standard InChI is InChI=1S/C5H9NO.ClH/c1-2-7-5-3-6-4(1)5;/h4-6H,1-3H2;1H/t4-,5-;/m0./s1. The minimum absolute atomic E-state index is 0. The van der Waals surface area contributed by atoms with Gasteiger partial charge in [-0.25, -0.2) is 0 Å². The van der Waals surface area contributed by atoms with Gasteiger partial charge in [0.25, 0.3) is 0 Å². The Labute approximate surface area is 55.0 Å². The maximum atomic E-state index is 5.29. The van der Waals surface area contributed by atoms with Crippen molar-refractivity contribution in [3.8, 4) is 0 Å². The average molecular weight is 136 g/mol. The molecule has 2 saturated heterocycles. The molecule has 8 heavy (non-hydrogen) atoms. The van der Waals surface area contributed by atoms with Gasteiger partial charge in [-0.1, -0.05) is 0 Å². The molecule has 2 heterocycles. The predicted octanol–water partition coefficient (Wildman–Crippen LogP) is 0.169. The lowest BCUT2D eigenvalue weighted by atomic mass is 10.0. The van der Waals surface area contributed by atoms with Gasteiger partial charge in [0.1, 0.15) is 0 Å². The molecule has 0 amide bonds. The number of fused-ring (bicyclic) bond motifs is 1. The van der Waals surface area contributed by atoms with Crippen LogP contribution in [-0.4, -0.2) is 25.3 Å². The summed E-state index contributed by atoms with van der Waals surface area (Å²) < 4.78 is 5.29. The van der Waals surface area contributed by atoms with E-state index in [4.69, 9.17) is 4.74 Å². The third-order valence-corrected chi connectivity index (χ3v) is 1.79. The first-order valence-corrected chi connectivity index (χ1v) is 2.82. The molecule has 48 valence electrons. The molecule has 2 aliphatic rings. The summed E-state index contributed by atoms with van der Waals surface area (Å²) in [5, 5.41) is 3.28. The molecule has 0 bridgehead atoms. The van der Waals surface area contributed by atoms with Crippen LogP contribution in [0, 0.1) is 0 Å². The van der Waals surface area contributed by atoms with Gasteiger partial charge in [0, 0.05) is 19.2 Å². The number of nitrogens with one attached hydrogen (secondary N) is 1. The van der Waals surface area contributed by atoms with Crippen molar-refractivity contribution in [1.82, 2.24) is 5.32 Å². The van der Waals surface area contributed by atoms with Crippen LogP contribution in [0.2, 0.25) is 0 Å². The molecule has 0 aromatic rings. The molecular weight excluding hydrogens is 126 g/mol. The summed E-state index contributed by atoms with van der Waals surface area (Å²) in [7, 11) is 0. The quantitative estimate of drug-likeness (QED) is 0.511. The van der Waals surface area contributed by atoms with E-state index in [0.29, 0.717) is 6.10 Å². The number of halogens is 1. The van der Waals surface area contributed by atoms with Crippen molar-refractivity contribution in [3.63, 3.8) is 0 Å². The van der Waals surface area contributed by atoms with Gasteiger partial charge < -0.3 is 10.1 Å². The van der Waals surface area contributed by atoms with E-state index >= 15 is 0 Å². The molecule has 2 nitrogen and oxygen atoms in total. The molecule has 0 aliphatic carbocycles. The zero-order valence-electron chi connectivity index (χ0n) is 4.59. The lowest BCUT2D eigenvalue weighted by Crippen LogP contribution is -2.54. The van der Waals surface area contributed by atoms with Crippen molar-refractivity contribution >= 4 is 12.4 Å². The highest BCUT2D eigenvalue weighted by molar-refractivity contribution is 5.85. The van der Waals surface area contributed by atoms with Crippen LogP contribution in [0.5, 0.6) is 0 Å². The Bertz CT molecular complexity index is 78.5. The highest BCUT2D eigenvalue weighted by Gasteiger charge is 2.35. The Morgan fingerprint density at radius 2 is 2.38 bits per heavy atom. The van der Waals surface area contributed by atoms with E-state index in [1.807, 2.05) is 0 Å². The minimum atomic E-state index is 0. The summed E-state index contributed by atoms with van der Waals surface area (Å²) in [5.74, 6) is 0. The fourth-order valence-electron chi connectivity index (χ4n) is 1.19. The van der Waals surface area contributed by atoms with Gasteiger partial charge in [-0.2, -0.15) is 0 Å². The van der Waals surface area contributed by atoms with Gasteiger partial charge in [-0.05, 0) is 6.42 Å². The van der Waals surface area contributed by atoms with E-state index in [2.05, 4.69) is 5.32 Å². The van der Waals surface area contributed by atoms with Crippen molar-refractivity contribution in [2.24, 2.45) is 0 Å². The van der Waals surface area contributed by atoms with Crippen LogP contribution in [0.15, 0.2) is 0 Å². The molecule has 2 fully saturated rings. The molecule has 2 atom stereocenters. The lowest BCUT2D eigenvalue weighted by Gasteiger charge is -2.29. The maximum Gasteiger partial charge on any atom is 0.0853 e. The Hall–Kier alpha value is 0.210. The molecule has 0 spiro atoms. The number of hydrogen-bond donors (Lipinski definition) is 1. The molecule has 3 heteroatoms. The first-order valence-electron chi connectivity index (χ1n) is 2.82. The second-order valence-corrected chi connectivity index (χ2v) is 2.21. The van der Waals surface area contributed by atoms with Crippen molar-refractivity contribution in [1.29, 1.82) is 0 Å². The molecule has 2 rings (SSSR count). The zero-order chi connectivity index (χ0) is 4.69. The van der Waals surface area contributed by atoms with Crippen molar-refractivity contribution in [2.75, 3.05) is 13.2 Å². The highest BCUT2D eigenvalue weighted by Crippen LogP contribution is 2.18. The molecule has 2 aliphatic heterocycles. The monoisotopic (exact) mass is 135 g/mol. The van der Waals surface area contributed by atoms with E-state index < -0.39 is 0 Å². The van der Waals surface area contributed by atoms with E-state index in [1.165, 1.54) is 6.42 Å². The number of hydrogen-bond acceptors (Lipinski definition) is 2. The number of rotatable bonds is 0. The second kappa shape index (κ2) is 2.21. The average Bonchev–Trinajstić information content (AvgIpc) is 1.85. The van der Waals surface area contributed by atoms with Gasteiger partial charge in [0.15, 0.2) is 0 Å².